The first-order valence-corrected chi connectivity index (χ1v) is 12.0. The van der Waals surface area contributed by atoms with Gasteiger partial charge in [-0.25, -0.2) is 0 Å². The monoisotopic (exact) mass is 504 g/mol. The van der Waals surface area contributed by atoms with Crippen LogP contribution in [0.3, 0.4) is 0 Å². The predicted octanol–water partition coefficient (Wildman–Crippen LogP) is 6.42. The molecule has 2 atom stereocenters. The molecule has 8 heteroatoms. The van der Waals surface area contributed by atoms with Gasteiger partial charge < -0.3 is 14.6 Å². The minimum Gasteiger partial charge on any atom is -0.393 e. The molecule has 2 unspecified atom stereocenters. The van der Waals surface area contributed by atoms with Crippen molar-refractivity contribution in [3.8, 4) is 11.1 Å². The van der Waals surface area contributed by atoms with E-state index in [4.69, 9.17) is 11.6 Å². The number of carbonyl (C=O) groups excluding carboxylic acids is 1. The molecule has 1 aliphatic rings. The number of aliphatic hydroxyl groups is 1. The molecule has 2 aromatic carbocycles. The van der Waals surface area contributed by atoms with Crippen LogP contribution in [0.1, 0.15) is 46.6 Å². The number of hydrogen-bond donors (Lipinski definition) is 1. The van der Waals surface area contributed by atoms with E-state index in [1.807, 2.05) is 0 Å². The van der Waals surface area contributed by atoms with E-state index in [2.05, 4.69) is 0 Å². The van der Waals surface area contributed by atoms with E-state index in [1.54, 1.807) is 61.6 Å². The van der Waals surface area contributed by atoms with E-state index >= 15 is 0 Å². The molecule has 4 rings (SSSR count). The predicted molar refractivity (Wildman–Crippen MR) is 130 cm³/mol. The van der Waals surface area contributed by atoms with Gasteiger partial charge >= 0.3 is 6.18 Å². The van der Waals surface area contributed by atoms with Crippen LogP contribution < -0.4 is 0 Å². The second kappa shape index (κ2) is 10.1. The SMILES string of the molecule is Cc1c(-c2ccc(Cl)cc2)c(C(=O)N(C)CC2CCCC2O)n(Cc2ccccc2)c1C(F)(F)F. The number of hydrogen-bond acceptors (Lipinski definition) is 2. The number of rotatable bonds is 6. The van der Waals surface area contributed by atoms with Crippen molar-refractivity contribution in [2.24, 2.45) is 5.92 Å². The maximum absolute atomic E-state index is 14.4. The summed E-state index contributed by atoms with van der Waals surface area (Å²) in [6.07, 6.45) is -2.86. The van der Waals surface area contributed by atoms with Gasteiger partial charge in [-0.15, -0.1) is 0 Å². The summed E-state index contributed by atoms with van der Waals surface area (Å²) in [7, 11) is 1.58. The normalized spacial score (nSPS) is 18.1. The van der Waals surface area contributed by atoms with Crippen molar-refractivity contribution in [3.05, 3.63) is 82.1 Å². The fraction of sp³-hybridized carbons (Fsp3) is 0.370. The molecule has 1 saturated carbocycles. The summed E-state index contributed by atoms with van der Waals surface area (Å²) >= 11 is 6.03. The molecule has 0 bridgehead atoms. The van der Waals surface area contributed by atoms with E-state index in [9.17, 15) is 23.1 Å². The molecule has 1 N–H and O–H groups in total. The first kappa shape index (κ1) is 25.3. The van der Waals surface area contributed by atoms with Crippen LogP contribution in [0.15, 0.2) is 54.6 Å². The van der Waals surface area contributed by atoms with Gasteiger partial charge in [0.1, 0.15) is 11.4 Å². The number of amides is 1. The summed E-state index contributed by atoms with van der Waals surface area (Å²) < 4.78 is 44.4. The molecule has 0 spiro atoms. The Morgan fingerprint density at radius 1 is 1.11 bits per heavy atom. The molecule has 1 fully saturated rings. The zero-order valence-electron chi connectivity index (χ0n) is 19.6. The average Bonchev–Trinajstić information content (AvgIpc) is 3.34. The third-order valence-corrected chi connectivity index (χ3v) is 7.02. The number of benzene rings is 2. The highest BCUT2D eigenvalue weighted by molar-refractivity contribution is 6.30. The lowest BCUT2D eigenvalue weighted by molar-refractivity contribution is -0.143. The maximum Gasteiger partial charge on any atom is 0.431 e. The van der Waals surface area contributed by atoms with Crippen molar-refractivity contribution in [1.29, 1.82) is 0 Å². The fourth-order valence-electron chi connectivity index (χ4n) is 5.07. The van der Waals surface area contributed by atoms with Crippen LogP contribution in [0.5, 0.6) is 0 Å². The van der Waals surface area contributed by atoms with Crippen molar-refractivity contribution in [2.75, 3.05) is 13.6 Å². The topological polar surface area (TPSA) is 45.5 Å². The minimum absolute atomic E-state index is 0.00611. The highest BCUT2D eigenvalue weighted by Gasteiger charge is 2.42. The largest absolute Gasteiger partial charge is 0.431 e. The Morgan fingerprint density at radius 3 is 2.34 bits per heavy atom. The lowest BCUT2D eigenvalue weighted by Crippen LogP contribution is -2.36. The Balaban J connectivity index is 1.89. The molecule has 0 saturated heterocycles. The summed E-state index contributed by atoms with van der Waals surface area (Å²) in [5.41, 5.74) is 0.516. The quantitative estimate of drug-likeness (QED) is 0.421. The number of alkyl halides is 3. The van der Waals surface area contributed by atoms with Crippen molar-refractivity contribution in [1.82, 2.24) is 9.47 Å². The highest BCUT2D eigenvalue weighted by Crippen LogP contribution is 2.42. The third-order valence-electron chi connectivity index (χ3n) is 6.77. The second-order valence-corrected chi connectivity index (χ2v) is 9.65. The number of halogens is 4. The van der Waals surface area contributed by atoms with Gasteiger partial charge in [-0.3, -0.25) is 4.79 Å². The molecule has 4 nitrogen and oxygen atoms in total. The molecular weight excluding hydrogens is 477 g/mol. The van der Waals surface area contributed by atoms with Gasteiger partial charge in [-0.1, -0.05) is 60.5 Å². The van der Waals surface area contributed by atoms with Gasteiger partial charge in [-0.2, -0.15) is 13.2 Å². The molecule has 3 aromatic rings. The average molecular weight is 505 g/mol. The number of nitrogens with zero attached hydrogens (tertiary/aromatic N) is 2. The lowest BCUT2D eigenvalue weighted by atomic mass is 9.99. The van der Waals surface area contributed by atoms with Gasteiger partial charge in [0, 0.05) is 36.6 Å². The summed E-state index contributed by atoms with van der Waals surface area (Å²) in [5, 5.41) is 10.7. The summed E-state index contributed by atoms with van der Waals surface area (Å²) in [5.74, 6) is -0.604. The van der Waals surface area contributed by atoms with Crippen LogP contribution in [0, 0.1) is 12.8 Å². The summed E-state index contributed by atoms with van der Waals surface area (Å²) in [6, 6.07) is 15.3. The number of aliphatic hydroxyl groups excluding tert-OH is 1. The van der Waals surface area contributed by atoms with Crippen molar-refractivity contribution in [3.63, 3.8) is 0 Å². The lowest BCUT2D eigenvalue weighted by Gasteiger charge is -2.25. The summed E-state index contributed by atoms with van der Waals surface area (Å²) in [4.78, 5) is 15.3. The van der Waals surface area contributed by atoms with Crippen LogP contribution in [-0.2, 0) is 12.7 Å². The Labute approximate surface area is 207 Å². The molecule has 0 aliphatic heterocycles. The maximum atomic E-state index is 14.4. The van der Waals surface area contributed by atoms with Crippen molar-refractivity contribution >= 4 is 17.5 Å². The fourth-order valence-corrected chi connectivity index (χ4v) is 5.20. The Bertz CT molecular complexity index is 1190. The smallest absolute Gasteiger partial charge is 0.393 e. The molecular formula is C27H28ClF3N2O2. The van der Waals surface area contributed by atoms with Crippen LogP contribution in [0.25, 0.3) is 11.1 Å². The molecule has 35 heavy (non-hydrogen) atoms. The molecule has 1 heterocycles. The van der Waals surface area contributed by atoms with Crippen molar-refractivity contribution < 1.29 is 23.1 Å². The van der Waals surface area contributed by atoms with Gasteiger partial charge in [0.2, 0.25) is 0 Å². The minimum atomic E-state index is -4.67. The first-order chi connectivity index (χ1) is 16.6. The third kappa shape index (κ3) is 5.26. The summed E-state index contributed by atoms with van der Waals surface area (Å²) in [6.45, 7) is 1.58. The van der Waals surface area contributed by atoms with Gasteiger partial charge in [0.25, 0.3) is 5.91 Å². The Hall–Kier alpha value is -2.77. The number of aromatic nitrogens is 1. The standard InChI is InChI=1S/C27H28ClF3N2O2/c1-17-23(19-11-13-21(28)14-12-19)24(26(35)32(2)16-20-9-6-10-22(20)34)33(25(17)27(29,30)31)15-18-7-4-3-5-8-18/h3-5,7-8,11-14,20,22,34H,6,9-10,15-16H2,1-2H3. The van der Waals surface area contributed by atoms with Crippen LogP contribution in [-0.4, -0.2) is 40.2 Å². The Kier molecular flexibility index (Phi) is 7.29. The molecule has 186 valence electrons. The van der Waals surface area contributed by atoms with Gasteiger partial charge in [-0.05, 0) is 48.6 Å². The zero-order valence-corrected chi connectivity index (χ0v) is 20.4. The first-order valence-electron chi connectivity index (χ1n) is 11.6. The van der Waals surface area contributed by atoms with Gasteiger partial charge in [0.15, 0.2) is 0 Å². The van der Waals surface area contributed by atoms with Crippen LogP contribution >= 0.6 is 11.6 Å². The van der Waals surface area contributed by atoms with Gasteiger partial charge in [0.05, 0.1) is 6.10 Å². The van der Waals surface area contributed by atoms with E-state index in [0.29, 0.717) is 22.6 Å². The Morgan fingerprint density at radius 2 is 1.77 bits per heavy atom. The molecule has 1 aliphatic carbocycles. The number of carbonyl (C=O) groups is 1. The van der Waals surface area contributed by atoms with E-state index in [0.717, 1.165) is 17.4 Å². The van der Waals surface area contributed by atoms with E-state index in [-0.39, 0.29) is 35.8 Å². The molecule has 1 amide bonds. The highest BCUT2D eigenvalue weighted by atomic mass is 35.5. The van der Waals surface area contributed by atoms with E-state index in [1.165, 1.54) is 11.8 Å². The second-order valence-electron chi connectivity index (χ2n) is 9.22. The molecule has 0 radical (unpaired) electrons. The van der Waals surface area contributed by atoms with E-state index < -0.39 is 23.9 Å². The molecule has 1 aromatic heterocycles. The van der Waals surface area contributed by atoms with Crippen molar-refractivity contribution in [2.45, 2.75) is 45.0 Å². The van der Waals surface area contributed by atoms with Crippen LogP contribution in [0.2, 0.25) is 5.02 Å². The van der Waals surface area contributed by atoms with Crippen LogP contribution in [0.4, 0.5) is 13.2 Å². The zero-order chi connectivity index (χ0) is 25.3.